The molecule has 1 N–H and O–H groups in total. The second-order valence-electron chi connectivity index (χ2n) is 6.78. The van der Waals surface area contributed by atoms with Crippen LogP contribution < -0.4 is 5.32 Å². The average molecular weight is 287 g/mol. The van der Waals surface area contributed by atoms with Crippen molar-refractivity contribution in [3.63, 3.8) is 0 Å². The molecule has 3 rings (SSSR count). The summed E-state index contributed by atoms with van der Waals surface area (Å²) in [7, 11) is 2.14. The Labute approximate surface area is 129 Å². The number of benzene rings is 1. The van der Waals surface area contributed by atoms with Gasteiger partial charge in [-0.15, -0.1) is 0 Å². The van der Waals surface area contributed by atoms with Gasteiger partial charge in [-0.3, -0.25) is 0 Å². The molecular formula is C19H29NO. The zero-order valence-corrected chi connectivity index (χ0v) is 13.3. The van der Waals surface area contributed by atoms with Crippen molar-refractivity contribution in [3.8, 4) is 0 Å². The van der Waals surface area contributed by atoms with Crippen molar-refractivity contribution < 1.29 is 4.74 Å². The monoisotopic (exact) mass is 287 g/mol. The van der Waals surface area contributed by atoms with Crippen LogP contribution in [0.1, 0.15) is 56.9 Å². The lowest BCUT2D eigenvalue weighted by atomic mass is 9.59. The first kappa shape index (κ1) is 15.1. The number of nitrogens with one attached hydrogen (secondary N) is 1. The Bertz CT molecular complexity index is 420. The van der Waals surface area contributed by atoms with Crippen molar-refractivity contribution in [2.45, 2.75) is 68.9 Å². The third-order valence-corrected chi connectivity index (χ3v) is 5.65. The normalized spacial score (nSPS) is 25.5. The fourth-order valence-corrected chi connectivity index (χ4v) is 4.28. The molecule has 1 saturated carbocycles. The van der Waals surface area contributed by atoms with Gasteiger partial charge in [-0.25, -0.2) is 0 Å². The smallest absolute Gasteiger partial charge is 0.0576 e. The Morgan fingerprint density at radius 3 is 2.62 bits per heavy atom. The maximum Gasteiger partial charge on any atom is 0.0576 e. The highest BCUT2D eigenvalue weighted by atomic mass is 16.5. The van der Waals surface area contributed by atoms with Gasteiger partial charge in [-0.2, -0.15) is 0 Å². The quantitative estimate of drug-likeness (QED) is 0.817. The van der Waals surface area contributed by atoms with Gasteiger partial charge in [0.2, 0.25) is 0 Å². The molecule has 0 radical (unpaired) electrons. The van der Waals surface area contributed by atoms with Crippen molar-refractivity contribution in [1.29, 1.82) is 0 Å². The molecule has 2 aliphatic rings. The van der Waals surface area contributed by atoms with E-state index in [1.54, 1.807) is 0 Å². The molecule has 21 heavy (non-hydrogen) atoms. The van der Waals surface area contributed by atoms with Gasteiger partial charge in [0, 0.05) is 18.1 Å². The highest BCUT2D eigenvalue weighted by Gasteiger charge is 2.44. The second-order valence-corrected chi connectivity index (χ2v) is 6.78. The number of hydrogen-bond acceptors (Lipinski definition) is 2. The minimum Gasteiger partial charge on any atom is -0.378 e. The largest absolute Gasteiger partial charge is 0.378 e. The molecule has 0 bridgehead atoms. The van der Waals surface area contributed by atoms with E-state index in [1.807, 2.05) is 0 Å². The van der Waals surface area contributed by atoms with E-state index in [0.29, 0.717) is 17.6 Å². The summed E-state index contributed by atoms with van der Waals surface area (Å²) in [5.41, 5.74) is 1.92. The first-order valence-electron chi connectivity index (χ1n) is 8.69. The minimum absolute atomic E-state index is 0.381. The fraction of sp³-hybridized carbons (Fsp3) is 0.684. The summed E-state index contributed by atoms with van der Waals surface area (Å²) in [5.74, 6) is 0. The maximum absolute atomic E-state index is 5.76. The molecule has 2 fully saturated rings. The van der Waals surface area contributed by atoms with Gasteiger partial charge in [0.15, 0.2) is 0 Å². The van der Waals surface area contributed by atoms with Crippen LogP contribution in [-0.2, 0) is 10.2 Å². The Morgan fingerprint density at radius 2 is 2.05 bits per heavy atom. The zero-order chi connectivity index (χ0) is 14.5. The SMILES string of the molecule is CNC(CCCC1CCCO1)C1(c2ccccc2)CCC1. The topological polar surface area (TPSA) is 21.3 Å². The molecule has 1 aromatic rings. The molecule has 1 heterocycles. The molecule has 1 aliphatic carbocycles. The van der Waals surface area contributed by atoms with Crippen LogP contribution >= 0.6 is 0 Å². The number of rotatable bonds is 7. The van der Waals surface area contributed by atoms with Gasteiger partial charge in [0.25, 0.3) is 0 Å². The molecule has 0 aromatic heterocycles. The molecule has 2 unspecified atom stereocenters. The van der Waals surface area contributed by atoms with Crippen LogP contribution in [0.5, 0.6) is 0 Å². The maximum atomic E-state index is 5.76. The molecule has 1 saturated heterocycles. The van der Waals surface area contributed by atoms with Gasteiger partial charge in [-0.1, -0.05) is 36.8 Å². The van der Waals surface area contributed by atoms with E-state index in [9.17, 15) is 0 Å². The summed E-state index contributed by atoms with van der Waals surface area (Å²) < 4.78 is 5.76. The van der Waals surface area contributed by atoms with Crippen molar-refractivity contribution in [2.24, 2.45) is 0 Å². The average Bonchev–Trinajstić information content (AvgIpc) is 2.99. The van der Waals surface area contributed by atoms with Crippen LogP contribution in [0.25, 0.3) is 0 Å². The van der Waals surface area contributed by atoms with Gasteiger partial charge in [-0.05, 0) is 57.6 Å². The van der Waals surface area contributed by atoms with Gasteiger partial charge in [0.1, 0.15) is 0 Å². The summed E-state index contributed by atoms with van der Waals surface area (Å²) in [6.45, 7) is 0.980. The molecule has 0 spiro atoms. The van der Waals surface area contributed by atoms with Crippen LogP contribution in [0.3, 0.4) is 0 Å². The molecule has 1 aromatic carbocycles. The van der Waals surface area contributed by atoms with Gasteiger partial charge >= 0.3 is 0 Å². The summed E-state index contributed by atoms with van der Waals surface area (Å²) in [5, 5.41) is 3.63. The van der Waals surface area contributed by atoms with E-state index >= 15 is 0 Å². The zero-order valence-electron chi connectivity index (χ0n) is 13.3. The van der Waals surface area contributed by atoms with Crippen molar-refractivity contribution in [3.05, 3.63) is 35.9 Å². The number of hydrogen-bond donors (Lipinski definition) is 1. The summed E-state index contributed by atoms with van der Waals surface area (Å²) in [4.78, 5) is 0. The summed E-state index contributed by atoms with van der Waals surface area (Å²) >= 11 is 0. The van der Waals surface area contributed by atoms with E-state index in [2.05, 4.69) is 42.7 Å². The molecule has 2 atom stereocenters. The van der Waals surface area contributed by atoms with Crippen molar-refractivity contribution >= 4 is 0 Å². The minimum atomic E-state index is 0.381. The van der Waals surface area contributed by atoms with Gasteiger partial charge < -0.3 is 10.1 Å². The fourth-order valence-electron chi connectivity index (χ4n) is 4.28. The van der Waals surface area contributed by atoms with E-state index in [1.165, 1.54) is 56.9 Å². The lowest BCUT2D eigenvalue weighted by Gasteiger charge is -2.48. The number of likely N-dealkylation sites (N-methyl/N-ethyl adjacent to an activating group) is 1. The van der Waals surface area contributed by atoms with E-state index in [0.717, 1.165) is 6.61 Å². The summed E-state index contributed by atoms with van der Waals surface area (Å²) in [6.07, 6.45) is 10.9. The highest BCUT2D eigenvalue weighted by Crippen LogP contribution is 2.47. The molecule has 116 valence electrons. The predicted molar refractivity (Wildman–Crippen MR) is 87.6 cm³/mol. The molecule has 0 amide bonds. The Morgan fingerprint density at radius 1 is 1.24 bits per heavy atom. The van der Waals surface area contributed by atoms with Crippen LogP contribution in [0.4, 0.5) is 0 Å². The first-order chi connectivity index (χ1) is 10.3. The highest BCUT2D eigenvalue weighted by molar-refractivity contribution is 5.30. The summed E-state index contributed by atoms with van der Waals surface area (Å²) in [6, 6.07) is 11.8. The van der Waals surface area contributed by atoms with E-state index in [-0.39, 0.29) is 0 Å². The molecule has 2 heteroatoms. The van der Waals surface area contributed by atoms with Crippen LogP contribution in [0, 0.1) is 0 Å². The van der Waals surface area contributed by atoms with Crippen molar-refractivity contribution in [2.75, 3.05) is 13.7 Å². The predicted octanol–water partition coefficient (Wildman–Crippen LogP) is 4.05. The van der Waals surface area contributed by atoms with Gasteiger partial charge in [0.05, 0.1) is 6.10 Å². The Kier molecular flexibility index (Phi) is 4.97. The lowest BCUT2D eigenvalue weighted by molar-refractivity contribution is 0.0972. The third kappa shape index (κ3) is 3.17. The Balaban J connectivity index is 1.60. The van der Waals surface area contributed by atoms with Crippen LogP contribution in [-0.4, -0.2) is 25.8 Å². The van der Waals surface area contributed by atoms with E-state index < -0.39 is 0 Å². The van der Waals surface area contributed by atoms with E-state index in [4.69, 9.17) is 4.74 Å². The lowest BCUT2D eigenvalue weighted by Crippen LogP contribution is -2.51. The number of ether oxygens (including phenoxy) is 1. The molecule has 1 aliphatic heterocycles. The van der Waals surface area contributed by atoms with Crippen LogP contribution in [0.2, 0.25) is 0 Å². The first-order valence-corrected chi connectivity index (χ1v) is 8.69. The van der Waals surface area contributed by atoms with Crippen LogP contribution in [0.15, 0.2) is 30.3 Å². The second kappa shape index (κ2) is 6.93. The standard InChI is InChI=1S/C19H29NO/c1-20-18(12-5-10-17-11-6-15-21-17)19(13-7-14-19)16-8-3-2-4-9-16/h2-4,8-9,17-18,20H,5-7,10-15H2,1H3. The third-order valence-electron chi connectivity index (χ3n) is 5.65. The molecular weight excluding hydrogens is 258 g/mol. The van der Waals surface area contributed by atoms with Crippen molar-refractivity contribution in [1.82, 2.24) is 5.32 Å². The molecule has 2 nitrogen and oxygen atoms in total. The Hall–Kier alpha value is -0.860.